The van der Waals surface area contributed by atoms with E-state index in [0.29, 0.717) is 30.2 Å². The predicted molar refractivity (Wildman–Crippen MR) is 85.8 cm³/mol. The third kappa shape index (κ3) is 2.70. The van der Waals surface area contributed by atoms with Gasteiger partial charge in [0, 0.05) is 17.0 Å². The fourth-order valence-corrected chi connectivity index (χ4v) is 3.74. The van der Waals surface area contributed by atoms with Crippen LogP contribution in [0.25, 0.3) is 0 Å². The van der Waals surface area contributed by atoms with Crippen LogP contribution in [0.5, 0.6) is 11.5 Å². The molecule has 1 atom stereocenters. The van der Waals surface area contributed by atoms with Gasteiger partial charge in [0.25, 0.3) is 0 Å². The molecule has 110 valence electrons. The minimum Gasteiger partial charge on any atom is -0.486 e. The molecule has 1 aromatic carbocycles. The SMILES string of the molecule is Clc1cc2c(cc1NC(c1cccs1)C1CC1)OCCO2. The lowest BCUT2D eigenvalue weighted by Crippen LogP contribution is -2.16. The van der Waals surface area contributed by atoms with Gasteiger partial charge in [-0.15, -0.1) is 11.3 Å². The molecule has 1 fully saturated rings. The number of rotatable bonds is 4. The highest BCUT2D eigenvalue weighted by molar-refractivity contribution is 7.10. The van der Waals surface area contributed by atoms with Crippen molar-refractivity contribution in [3.63, 3.8) is 0 Å². The Hall–Kier alpha value is -1.39. The molecule has 0 amide bonds. The van der Waals surface area contributed by atoms with E-state index in [0.717, 1.165) is 17.2 Å². The van der Waals surface area contributed by atoms with Crippen LogP contribution in [-0.4, -0.2) is 13.2 Å². The number of ether oxygens (including phenoxy) is 2. The van der Waals surface area contributed by atoms with Gasteiger partial charge in [0.1, 0.15) is 13.2 Å². The molecule has 1 unspecified atom stereocenters. The van der Waals surface area contributed by atoms with E-state index in [4.69, 9.17) is 21.1 Å². The Morgan fingerprint density at radius 2 is 1.95 bits per heavy atom. The summed E-state index contributed by atoms with van der Waals surface area (Å²) in [6, 6.07) is 8.43. The van der Waals surface area contributed by atoms with Gasteiger partial charge >= 0.3 is 0 Å². The number of thiophene rings is 1. The zero-order valence-corrected chi connectivity index (χ0v) is 13.0. The van der Waals surface area contributed by atoms with Crippen molar-refractivity contribution < 1.29 is 9.47 Å². The number of fused-ring (bicyclic) bond motifs is 1. The molecule has 4 rings (SSSR count). The molecular weight excluding hydrogens is 306 g/mol. The van der Waals surface area contributed by atoms with Crippen molar-refractivity contribution in [2.75, 3.05) is 18.5 Å². The molecule has 2 aromatic rings. The molecular formula is C16H16ClNO2S. The van der Waals surface area contributed by atoms with Crippen LogP contribution in [0.15, 0.2) is 29.6 Å². The van der Waals surface area contributed by atoms with E-state index < -0.39 is 0 Å². The molecule has 2 heterocycles. The lowest BCUT2D eigenvalue weighted by molar-refractivity contribution is 0.171. The normalized spacial score (nSPS) is 18.3. The molecule has 0 radical (unpaired) electrons. The summed E-state index contributed by atoms with van der Waals surface area (Å²) >= 11 is 8.19. The topological polar surface area (TPSA) is 30.5 Å². The summed E-state index contributed by atoms with van der Waals surface area (Å²) in [5, 5.41) is 6.41. The van der Waals surface area contributed by atoms with Crippen molar-refractivity contribution in [3.05, 3.63) is 39.5 Å². The first-order valence-corrected chi connectivity index (χ1v) is 8.46. The minimum absolute atomic E-state index is 0.338. The zero-order valence-electron chi connectivity index (χ0n) is 11.5. The van der Waals surface area contributed by atoms with Crippen LogP contribution < -0.4 is 14.8 Å². The summed E-state index contributed by atoms with van der Waals surface area (Å²) in [6.07, 6.45) is 2.55. The van der Waals surface area contributed by atoms with Crippen LogP contribution in [-0.2, 0) is 0 Å². The summed E-state index contributed by atoms with van der Waals surface area (Å²) in [5.41, 5.74) is 0.922. The first-order valence-electron chi connectivity index (χ1n) is 7.20. The van der Waals surface area contributed by atoms with Crippen molar-refractivity contribution in [1.82, 2.24) is 0 Å². The van der Waals surface area contributed by atoms with Crippen LogP contribution in [0.4, 0.5) is 5.69 Å². The van der Waals surface area contributed by atoms with Crippen LogP contribution in [0, 0.1) is 5.92 Å². The number of hydrogen-bond donors (Lipinski definition) is 1. The number of nitrogens with one attached hydrogen (secondary N) is 1. The van der Waals surface area contributed by atoms with Gasteiger partial charge in [0.15, 0.2) is 11.5 Å². The Labute approximate surface area is 132 Å². The Morgan fingerprint density at radius 3 is 2.62 bits per heavy atom. The highest BCUT2D eigenvalue weighted by Gasteiger charge is 2.33. The molecule has 0 bridgehead atoms. The van der Waals surface area contributed by atoms with Gasteiger partial charge in [-0.3, -0.25) is 0 Å². The van der Waals surface area contributed by atoms with Gasteiger partial charge in [-0.1, -0.05) is 17.7 Å². The molecule has 1 N–H and O–H groups in total. The molecule has 1 saturated carbocycles. The lowest BCUT2D eigenvalue weighted by atomic mass is 10.1. The minimum atomic E-state index is 0.338. The van der Waals surface area contributed by atoms with E-state index in [1.54, 1.807) is 11.3 Å². The van der Waals surface area contributed by atoms with Gasteiger partial charge in [-0.25, -0.2) is 0 Å². The van der Waals surface area contributed by atoms with Crippen molar-refractivity contribution in [2.24, 2.45) is 5.92 Å². The smallest absolute Gasteiger partial charge is 0.163 e. The van der Waals surface area contributed by atoms with E-state index in [2.05, 4.69) is 22.8 Å². The number of anilines is 1. The maximum absolute atomic E-state index is 6.40. The Morgan fingerprint density at radius 1 is 1.19 bits per heavy atom. The lowest BCUT2D eigenvalue weighted by Gasteiger charge is -2.23. The Balaban J connectivity index is 1.63. The quantitative estimate of drug-likeness (QED) is 0.882. The van der Waals surface area contributed by atoms with Gasteiger partial charge in [-0.2, -0.15) is 0 Å². The van der Waals surface area contributed by atoms with Crippen LogP contribution in [0.2, 0.25) is 5.02 Å². The third-order valence-electron chi connectivity index (χ3n) is 3.89. The number of benzene rings is 1. The fourth-order valence-electron chi connectivity index (χ4n) is 2.66. The van der Waals surface area contributed by atoms with Crippen LogP contribution in [0.1, 0.15) is 23.8 Å². The molecule has 21 heavy (non-hydrogen) atoms. The summed E-state index contributed by atoms with van der Waals surface area (Å²) in [5.74, 6) is 2.21. The van der Waals surface area contributed by atoms with Crippen molar-refractivity contribution in [2.45, 2.75) is 18.9 Å². The second-order valence-corrected chi connectivity index (χ2v) is 6.84. The van der Waals surface area contributed by atoms with E-state index in [9.17, 15) is 0 Å². The average Bonchev–Trinajstić information content (AvgIpc) is 3.19. The monoisotopic (exact) mass is 321 g/mol. The molecule has 3 nitrogen and oxygen atoms in total. The second-order valence-electron chi connectivity index (χ2n) is 5.45. The van der Waals surface area contributed by atoms with Gasteiger partial charge in [0.05, 0.1) is 16.8 Å². The first kappa shape index (κ1) is 13.3. The first-order chi connectivity index (χ1) is 10.3. The number of hydrogen-bond acceptors (Lipinski definition) is 4. The molecule has 0 spiro atoms. The molecule has 5 heteroatoms. The van der Waals surface area contributed by atoms with Crippen LogP contribution in [0.3, 0.4) is 0 Å². The Bertz CT molecular complexity index is 640. The summed E-state index contributed by atoms with van der Waals surface area (Å²) in [7, 11) is 0. The summed E-state index contributed by atoms with van der Waals surface area (Å²) < 4.78 is 11.2. The molecule has 1 aromatic heterocycles. The maximum atomic E-state index is 6.40. The van der Waals surface area contributed by atoms with E-state index >= 15 is 0 Å². The summed E-state index contributed by atoms with van der Waals surface area (Å²) in [4.78, 5) is 1.36. The zero-order chi connectivity index (χ0) is 14.2. The predicted octanol–water partition coefficient (Wildman–Crippen LogP) is 4.74. The van der Waals surface area contributed by atoms with Crippen molar-refractivity contribution in [1.29, 1.82) is 0 Å². The van der Waals surface area contributed by atoms with E-state index in [1.807, 2.05) is 12.1 Å². The average molecular weight is 322 g/mol. The highest BCUT2D eigenvalue weighted by Crippen LogP contribution is 2.46. The molecule has 0 saturated heterocycles. The molecule has 1 aliphatic heterocycles. The highest BCUT2D eigenvalue weighted by atomic mass is 35.5. The van der Waals surface area contributed by atoms with Gasteiger partial charge in [0.2, 0.25) is 0 Å². The molecule has 1 aliphatic carbocycles. The van der Waals surface area contributed by atoms with Crippen molar-refractivity contribution in [3.8, 4) is 11.5 Å². The van der Waals surface area contributed by atoms with Crippen LogP contribution >= 0.6 is 22.9 Å². The number of halogens is 1. The Kier molecular flexibility index (Phi) is 3.43. The largest absolute Gasteiger partial charge is 0.486 e. The third-order valence-corrected chi connectivity index (χ3v) is 5.15. The van der Waals surface area contributed by atoms with Gasteiger partial charge in [-0.05, 0) is 30.2 Å². The standard InChI is InChI=1S/C16H16ClNO2S/c17-11-8-13-14(20-6-5-19-13)9-12(11)18-16(10-3-4-10)15-2-1-7-21-15/h1-2,7-10,16,18H,3-6H2. The molecule has 2 aliphatic rings. The second kappa shape index (κ2) is 5.43. The van der Waals surface area contributed by atoms with E-state index in [1.165, 1.54) is 17.7 Å². The van der Waals surface area contributed by atoms with E-state index in [-0.39, 0.29) is 0 Å². The van der Waals surface area contributed by atoms with Gasteiger partial charge < -0.3 is 14.8 Å². The van der Waals surface area contributed by atoms with Crippen molar-refractivity contribution >= 4 is 28.6 Å². The fraction of sp³-hybridized carbons (Fsp3) is 0.375. The summed E-state index contributed by atoms with van der Waals surface area (Å²) in [6.45, 7) is 1.17. The maximum Gasteiger partial charge on any atom is 0.163 e.